The lowest BCUT2D eigenvalue weighted by molar-refractivity contribution is -0.132. The summed E-state index contributed by atoms with van der Waals surface area (Å²) in [5.41, 5.74) is 3.39. The molecule has 6 heteroatoms. The number of aliphatic hydroxyl groups is 1. The van der Waals surface area contributed by atoms with Gasteiger partial charge in [-0.15, -0.1) is 0 Å². The van der Waals surface area contributed by atoms with Gasteiger partial charge in [-0.3, -0.25) is 14.5 Å². The smallest absolute Gasteiger partial charge is 0.300 e. The average molecular weight is 528 g/mol. The Labute approximate surface area is 230 Å². The maximum Gasteiger partial charge on any atom is 0.300 e. The van der Waals surface area contributed by atoms with E-state index in [0.29, 0.717) is 35.3 Å². The molecule has 4 rings (SSSR count). The fourth-order valence-electron chi connectivity index (χ4n) is 4.72. The highest BCUT2D eigenvalue weighted by Gasteiger charge is 2.47. The number of hydrogen-bond donors (Lipinski definition) is 1. The summed E-state index contributed by atoms with van der Waals surface area (Å²) in [4.78, 5) is 28.6. The number of Topliss-reactive ketones (excluding diaryl/α,β-unsaturated/α-hetero) is 1. The van der Waals surface area contributed by atoms with E-state index in [0.717, 1.165) is 16.7 Å². The molecule has 1 heterocycles. The Morgan fingerprint density at radius 1 is 1.00 bits per heavy atom. The first-order chi connectivity index (χ1) is 18.4. The Morgan fingerprint density at radius 3 is 2.28 bits per heavy atom. The summed E-state index contributed by atoms with van der Waals surface area (Å²) in [6.45, 7) is 12.9. The lowest BCUT2D eigenvalue weighted by Gasteiger charge is -2.26. The molecule has 39 heavy (non-hydrogen) atoms. The molecule has 1 saturated heterocycles. The van der Waals surface area contributed by atoms with Gasteiger partial charge < -0.3 is 14.6 Å². The zero-order chi connectivity index (χ0) is 28.5. The molecule has 1 aliphatic rings. The highest BCUT2D eigenvalue weighted by molar-refractivity contribution is 6.51. The minimum absolute atomic E-state index is 0.0232. The largest absolute Gasteiger partial charge is 0.507 e. The molecule has 0 aromatic heterocycles. The molecule has 0 aliphatic carbocycles. The number of nitrogens with zero attached hydrogens (tertiary/aromatic N) is 1. The lowest BCUT2D eigenvalue weighted by atomic mass is 9.85. The van der Waals surface area contributed by atoms with Crippen molar-refractivity contribution in [2.24, 2.45) is 5.92 Å². The Hall–Kier alpha value is -4.06. The van der Waals surface area contributed by atoms with Crippen LogP contribution in [0.15, 0.2) is 72.3 Å². The average Bonchev–Trinajstić information content (AvgIpc) is 3.16. The van der Waals surface area contributed by atoms with Gasteiger partial charge in [0.25, 0.3) is 11.7 Å². The maximum absolute atomic E-state index is 13.6. The molecular weight excluding hydrogens is 490 g/mol. The van der Waals surface area contributed by atoms with E-state index >= 15 is 0 Å². The third kappa shape index (κ3) is 5.70. The van der Waals surface area contributed by atoms with Crippen molar-refractivity contribution in [2.75, 3.05) is 18.6 Å². The molecule has 1 N–H and O–H groups in total. The number of amides is 1. The van der Waals surface area contributed by atoms with Crippen LogP contribution in [-0.4, -0.2) is 30.5 Å². The van der Waals surface area contributed by atoms with Crippen LogP contribution in [0.3, 0.4) is 0 Å². The van der Waals surface area contributed by atoms with E-state index in [1.165, 1.54) is 12.0 Å². The van der Waals surface area contributed by atoms with Gasteiger partial charge in [0.05, 0.1) is 30.9 Å². The van der Waals surface area contributed by atoms with E-state index in [4.69, 9.17) is 9.47 Å². The molecule has 204 valence electrons. The first kappa shape index (κ1) is 28.0. The minimum atomic E-state index is -0.824. The van der Waals surface area contributed by atoms with E-state index in [9.17, 15) is 14.7 Å². The van der Waals surface area contributed by atoms with E-state index in [1.807, 2.05) is 43.3 Å². The molecule has 3 aromatic carbocycles. The van der Waals surface area contributed by atoms with E-state index < -0.39 is 17.7 Å². The van der Waals surface area contributed by atoms with Crippen LogP contribution in [0.2, 0.25) is 0 Å². The Bertz CT molecular complexity index is 1410. The third-order valence-corrected chi connectivity index (χ3v) is 6.82. The highest BCUT2D eigenvalue weighted by Crippen LogP contribution is 2.44. The van der Waals surface area contributed by atoms with Crippen molar-refractivity contribution >= 4 is 23.1 Å². The number of benzene rings is 3. The van der Waals surface area contributed by atoms with Crippen LogP contribution in [0.4, 0.5) is 5.69 Å². The summed E-state index contributed by atoms with van der Waals surface area (Å²) in [6.07, 6.45) is 0. The predicted molar refractivity (Wildman–Crippen MR) is 154 cm³/mol. The quantitative estimate of drug-likeness (QED) is 0.204. The van der Waals surface area contributed by atoms with Crippen LogP contribution in [0, 0.1) is 12.8 Å². The number of aryl methyl sites for hydroxylation is 1. The zero-order valence-corrected chi connectivity index (χ0v) is 23.7. The maximum atomic E-state index is 13.6. The van der Waals surface area contributed by atoms with E-state index in [2.05, 4.69) is 34.6 Å². The second kappa shape index (κ2) is 11.0. The second-order valence-electron chi connectivity index (χ2n) is 11.4. The summed E-state index contributed by atoms with van der Waals surface area (Å²) in [6, 6.07) is 19.5. The number of rotatable bonds is 7. The first-order valence-corrected chi connectivity index (χ1v) is 13.2. The highest BCUT2D eigenvalue weighted by atomic mass is 16.5. The monoisotopic (exact) mass is 527 g/mol. The summed E-state index contributed by atoms with van der Waals surface area (Å²) < 4.78 is 11.4. The molecule has 0 saturated carbocycles. The number of carbonyl (C=O) groups is 2. The standard InChI is InChI=1S/C33H37NO5/c1-20(2)19-39-25-14-12-24(13-15-25)34-29(22-10-8-9-21(3)17-22)28(31(36)32(34)37)30(35)26-18-23(33(4,5)6)11-16-27(26)38-7/h8-18,20,29,35H,19H2,1-7H3/b30-28+. The fourth-order valence-corrected chi connectivity index (χ4v) is 4.72. The summed E-state index contributed by atoms with van der Waals surface area (Å²) in [5.74, 6) is -0.242. The Morgan fingerprint density at radius 2 is 1.69 bits per heavy atom. The van der Waals surface area contributed by atoms with Gasteiger partial charge in [0, 0.05) is 5.69 Å². The number of hydrogen-bond acceptors (Lipinski definition) is 5. The molecule has 1 atom stereocenters. The van der Waals surface area contributed by atoms with Crippen molar-refractivity contribution in [2.45, 2.75) is 53.0 Å². The van der Waals surface area contributed by atoms with Crippen molar-refractivity contribution in [3.8, 4) is 11.5 Å². The number of aliphatic hydroxyl groups excluding tert-OH is 1. The molecule has 1 amide bonds. The number of ether oxygens (including phenoxy) is 2. The Kier molecular flexibility index (Phi) is 7.86. The topological polar surface area (TPSA) is 76.1 Å². The van der Waals surface area contributed by atoms with E-state index in [-0.39, 0.29) is 16.7 Å². The Balaban J connectivity index is 1.90. The molecule has 1 fully saturated rings. The van der Waals surface area contributed by atoms with Gasteiger partial charge in [-0.1, -0.05) is 70.5 Å². The van der Waals surface area contributed by atoms with Crippen molar-refractivity contribution in [1.82, 2.24) is 0 Å². The summed E-state index contributed by atoms with van der Waals surface area (Å²) >= 11 is 0. The minimum Gasteiger partial charge on any atom is -0.507 e. The van der Waals surface area contributed by atoms with Crippen molar-refractivity contribution in [1.29, 1.82) is 0 Å². The molecule has 6 nitrogen and oxygen atoms in total. The molecule has 3 aromatic rings. The van der Waals surface area contributed by atoms with Crippen LogP contribution in [0.25, 0.3) is 5.76 Å². The third-order valence-electron chi connectivity index (χ3n) is 6.82. The van der Waals surface area contributed by atoms with Crippen LogP contribution < -0.4 is 14.4 Å². The van der Waals surface area contributed by atoms with Gasteiger partial charge in [-0.2, -0.15) is 0 Å². The second-order valence-corrected chi connectivity index (χ2v) is 11.4. The molecule has 1 aliphatic heterocycles. The van der Waals surface area contributed by atoms with Gasteiger partial charge in [-0.25, -0.2) is 0 Å². The van der Waals surface area contributed by atoms with Crippen LogP contribution in [0.5, 0.6) is 11.5 Å². The van der Waals surface area contributed by atoms with Gasteiger partial charge in [0.2, 0.25) is 0 Å². The van der Waals surface area contributed by atoms with Crippen molar-refractivity contribution < 1.29 is 24.2 Å². The van der Waals surface area contributed by atoms with Crippen molar-refractivity contribution in [3.63, 3.8) is 0 Å². The normalized spacial score (nSPS) is 17.1. The van der Waals surface area contributed by atoms with Gasteiger partial charge >= 0.3 is 0 Å². The van der Waals surface area contributed by atoms with E-state index in [1.54, 1.807) is 30.3 Å². The number of carbonyl (C=O) groups excluding carboxylic acids is 2. The number of anilines is 1. The van der Waals surface area contributed by atoms with Crippen LogP contribution in [0.1, 0.15) is 62.9 Å². The lowest BCUT2D eigenvalue weighted by Crippen LogP contribution is -2.29. The van der Waals surface area contributed by atoms with Crippen molar-refractivity contribution in [3.05, 3.63) is 94.6 Å². The van der Waals surface area contributed by atoms with Crippen LogP contribution >= 0.6 is 0 Å². The molecule has 1 unspecified atom stereocenters. The summed E-state index contributed by atoms with van der Waals surface area (Å²) in [5, 5.41) is 11.7. The fraction of sp³-hybridized carbons (Fsp3) is 0.333. The molecular formula is C33H37NO5. The van der Waals surface area contributed by atoms with Crippen LogP contribution in [-0.2, 0) is 15.0 Å². The summed E-state index contributed by atoms with van der Waals surface area (Å²) in [7, 11) is 1.52. The zero-order valence-electron chi connectivity index (χ0n) is 23.7. The molecule has 0 bridgehead atoms. The molecule has 0 radical (unpaired) electrons. The van der Waals surface area contributed by atoms with Gasteiger partial charge in [0.15, 0.2) is 0 Å². The number of ketones is 1. The first-order valence-electron chi connectivity index (χ1n) is 13.2. The SMILES string of the molecule is COc1ccc(C(C)(C)C)cc1/C(O)=C1\C(=O)C(=O)N(c2ccc(OCC(C)C)cc2)C1c1cccc(C)c1. The van der Waals surface area contributed by atoms with Gasteiger partial charge in [-0.05, 0) is 65.8 Å². The number of methoxy groups -OCH3 is 1. The van der Waals surface area contributed by atoms with Gasteiger partial charge in [0.1, 0.15) is 17.3 Å². The molecule has 0 spiro atoms. The predicted octanol–water partition coefficient (Wildman–Crippen LogP) is 6.96.